The van der Waals surface area contributed by atoms with E-state index in [1.165, 1.54) is 36.1 Å². The van der Waals surface area contributed by atoms with Crippen molar-refractivity contribution in [3.8, 4) is 10.4 Å². The zero-order chi connectivity index (χ0) is 21.0. The molecule has 4 nitrogen and oxygen atoms in total. The minimum Gasteiger partial charge on any atom is -0.369 e. The fraction of sp³-hybridized carbons (Fsp3) is 0.520. The molecule has 1 saturated heterocycles. The van der Waals surface area contributed by atoms with Crippen LogP contribution in [0, 0.1) is 11.3 Å². The van der Waals surface area contributed by atoms with Gasteiger partial charge in [0.2, 0.25) is 11.8 Å². The molecular formula is C25H32N2O2S. The van der Waals surface area contributed by atoms with Gasteiger partial charge in [-0.25, -0.2) is 0 Å². The molecule has 1 saturated carbocycles. The maximum Gasteiger partial charge on any atom is 0.224 e. The molecule has 0 radical (unpaired) electrons. The molecule has 2 N–H and O–H groups in total. The fourth-order valence-electron chi connectivity index (χ4n) is 5.15. The zero-order valence-electron chi connectivity index (χ0n) is 17.6. The SMILES string of the molecule is NC(=O)C1(Cc2cccc(-c3cccs3)c2)CCN(C(=O)CCC2CCCC2)CC1. The highest BCUT2D eigenvalue weighted by Crippen LogP contribution is 2.37. The van der Waals surface area contributed by atoms with E-state index in [1.54, 1.807) is 11.3 Å². The summed E-state index contributed by atoms with van der Waals surface area (Å²) >= 11 is 1.72. The number of rotatable bonds is 7. The largest absolute Gasteiger partial charge is 0.369 e. The molecule has 1 aromatic heterocycles. The minimum absolute atomic E-state index is 0.234. The summed E-state index contributed by atoms with van der Waals surface area (Å²) in [4.78, 5) is 28.4. The van der Waals surface area contributed by atoms with Gasteiger partial charge in [0, 0.05) is 24.4 Å². The van der Waals surface area contributed by atoms with Crippen LogP contribution in [0.1, 0.15) is 56.9 Å². The molecule has 0 atom stereocenters. The number of likely N-dealkylation sites (tertiary alicyclic amines) is 1. The summed E-state index contributed by atoms with van der Waals surface area (Å²) in [6.45, 7) is 1.27. The molecule has 0 bridgehead atoms. The molecule has 5 heteroatoms. The quantitative estimate of drug-likeness (QED) is 0.678. The smallest absolute Gasteiger partial charge is 0.224 e. The van der Waals surface area contributed by atoms with E-state index < -0.39 is 5.41 Å². The number of carbonyl (C=O) groups is 2. The van der Waals surface area contributed by atoms with Gasteiger partial charge in [0.05, 0.1) is 5.41 Å². The van der Waals surface area contributed by atoms with Gasteiger partial charge in [0.15, 0.2) is 0 Å². The van der Waals surface area contributed by atoms with Crippen LogP contribution in [0.25, 0.3) is 10.4 Å². The monoisotopic (exact) mass is 424 g/mol. The van der Waals surface area contributed by atoms with E-state index >= 15 is 0 Å². The third-order valence-corrected chi connectivity index (χ3v) is 8.03. The van der Waals surface area contributed by atoms with Gasteiger partial charge in [-0.2, -0.15) is 0 Å². The number of amides is 2. The van der Waals surface area contributed by atoms with Crippen molar-refractivity contribution in [2.45, 2.75) is 57.8 Å². The van der Waals surface area contributed by atoms with Crippen LogP contribution in [0.5, 0.6) is 0 Å². The van der Waals surface area contributed by atoms with E-state index in [4.69, 9.17) is 5.73 Å². The van der Waals surface area contributed by atoms with Crippen molar-refractivity contribution in [1.29, 1.82) is 0 Å². The number of primary amides is 1. The van der Waals surface area contributed by atoms with Gasteiger partial charge >= 0.3 is 0 Å². The van der Waals surface area contributed by atoms with Crippen molar-refractivity contribution in [2.24, 2.45) is 17.1 Å². The van der Waals surface area contributed by atoms with Crippen LogP contribution in [0.4, 0.5) is 0 Å². The van der Waals surface area contributed by atoms with E-state index in [1.807, 2.05) is 4.90 Å². The molecule has 2 heterocycles. The lowest BCUT2D eigenvalue weighted by Gasteiger charge is -2.40. The second-order valence-electron chi connectivity index (χ2n) is 9.07. The summed E-state index contributed by atoms with van der Waals surface area (Å²) in [5, 5.41) is 2.08. The maximum absolute atomic E-state index is 12.7. The standard InChI is InChI=1S/C25H32N2O2S/c26-24(29)25(18-20-7-3-8-21(17-20)22-9-4-16-30-22)12-14-27(15-13-25)23(28)11-10-19-5-1-2-6-19/h3-4,7-9,16-17,19H,1-2,5-6,10-15,18H2,(H2,26,29). The van der Waals surface area contributed by atoms with Crippen molar-refractivity contribution in [2.75, 3.05) is 13.1 Å². The second-order valence-corrected chi connectivity index (χ2v) is 10.0. The van der Waals surface area contributed by atoms with Gasteiger partial charge in [-0.05, 0) is 54.2 Å². The highest BCUT2D eigenvalue weighted by Gasteiger charge is 2.41. The highest BCUT2D eigenvalue weighted by atomic mass is 32.1. The van der Waals surface area contributed by atoms with Gasteiger partial charge in [-0.3, -0.25) is 9.59 Å². The number of hydrogen-bond acceptors (Lipinski definition) is 3. The van der Waals surface area contributed by atoms with Gasteiger partial charge in [-0.1, -0.05) is 56.0 Å². The number of nitrogens with two attached hydrogens (primary N) is 1. The first-order valence-electron chi connectivity index (χ1n) is 11.3. The molecule has 1 aliphatic carbocycles. The van der Waals surface area contributed by atoms with Crippen LogP contribution in [-0.2, 0) is 16.0 Å². The maximum atomic E-state index is 12.7. The molecule has 2 fully saturated rings. The summed E-state index contributed by atoms with van der Waals surface area (Å²) in [7, 11) is 0. The van der Waals surface area contributed by atoms with Crippen molar-refractivity contribution >= 4 is 23.2 Å². The first-order valence-corrected chi connectivity index (χ1v) is 12.1. The first-order chi connectivity index (χ1) is 14.6. The molecule has 0 spiro atoms. The molecule has 2 aliphatic rings. The fourth-order valence-corrected chi connectivity index (χ4v) is 5.87. The van der Waals surface area contributed by atoms with Gasteiger partial charge in [0.25, 0.3) is 0 Å². The normalized spacial score (nSPS) is 19.1. The highest BCUT2D eigenvalue weighted by molar-refractivity contribution is 7.13. The molecule has 160 valence electrons. The first kappa shape index (κ1) is 21.1. The summed E-state index contributed by atoms with van der Waals surface area (Å²) in [5.74, 6) is 0.751. The molecule has 30 heavy (non-hydrogen) atoms. The Kier molecular flexibility index (Phi) is 6.57. The van der Waals surface area contributed by atoms with E-state index in [0.717, 1.165) is 17.9 Å². The molecule has 1 aromatic carbocycles. The van der Waals surface area contributed by atoms with Crippen LogP contribution >= 0.6 is 11.3 Å². The van der Waals surface area contributed by atoms with Crippen LogP contribution in [0.3, 0.4) is 0 Å². The van der Waals surface area contributed by atoms with Crippen molar-refractivity contribution in [3.63, 3.8) is 0 Å². The lowest BCUT2D eigenvalue weighted by molar-refractivity contribution is -0.139. The molecule has 0 unspecified atom stereocenters. The van der Waals surface area contributed by atoms with Crippen molar-refractivity contribution in [3.05, 3.63) is 47.3 Å². The lowest BCUT2D eigenvalue weighted by Crippen LogP contribution is -2.49. The Hall–Kier alpha value is -2.14. The van der Waals surface area contributed by atoms with Crippen LogP contribution in [-0.4, -0.2) is 29.8 Å². The average Bonchev–Trinajstić information content (AvgIpc) is 3.47. The Morgan fingerprint density at radius 3 is 2.53 bits per heavy atom. The van der Waals surface area contributed by atoms with Gasteiger partial charge in [-0.15, -0.1) is 11.3 Å². The Morgan fingerprint density at radius 2 is 1.87 bits per heavy atom. The van der Waals surface area contributed by atoms with E-state index in [-0.39, 0.29) is 11.8 Å². The Bertz CT molecular complexity index is 863. The predicted molar refractivity (Wildman–Crippen MR) is 122 cm³/mol. The molecule has 4 rings (SSSR count). The second kappa shape index (κ2) is 9.34. The topological polar surface area (TPSA) is 63.4 Å². The number of carbonyl (C=O) groups excluding carboxylic acids is 2. The van der Waals surface area contributed by atoms with Crippen LogP contribution in [0.15, 0.2) is 41.8 Å². The minimum atomic E-state index is -0.559. The van der Waals surface area contributed by atoms with E-state index in [0.29, 0.717) is 38.8 Å². The Labute approximate surface area is 183 Å². The summed E-state index contributed by atoms with van der Waals surface area (Å²) < 4.78 is 0. The molecule has 1 aliphatic heterocycles. The van der Waals surface area contributed by atoms with Gasteiger partial charge < -0.3 is 10.6 Å². The van der Waals surface area contributed by atoms with Crippen LogP contribution < -0.4 is 5.73 Å². The zero-order valence-corrected chi connectivity index (χ0v) is 18.5. The number of hydrogen-bond donors (Lipinski definition) is 1. The van der Waals surface area contributed by atoms with E-state index in [9.17, 15) is 9.59 Å². The van der Waals surface area contributed by atoms with Crippen LogP contribution in [0.2, 0.25) is 0 Å². The number of thiophene rings is 1. The van der Waals surface area contributed by atoms with Crippen molar-refractivity contribution < 1.29 is 9.59 Å². The number of nitrogens with zero attached hydrogens (tertiary/aromatic N) is 1. The average molecular weight is 425 g/mol. The summed E-state index contributed by atoms with van der Waals surface area (Å²) in [6.07, 6.45) is 8.82. The van der Waals surface area contributed by atoms with Crippen molar-refractivity contribution in [1.82, 2.24) is 4.90 Å². The predicted octanol–water partition coefficient (Wildman–Crippen LogP) is 5.02. The molecule has 2 amide bonds. The van der Waals surface area contributed by atoms with E-state index in [2.05, 4.69) is 41.8 Å². The third kappa shape index (κ3) is 4.77. The Balaban J connectivity index is 1.38. The van der Waals surface area contributed by atoms with Gasteiger partial charge in [0.1, 0.15) is 0 Å². The summed E-state index contributed by atoms with van der Waals surface area (Å²) in [6, 6.07) is 12.6. The third-order valence-electron chi connectivity index (χ3n) is 7.11. The summed E-state index contributed by atoms with van der Waals surface area (Å²) in [5.41, 5.74) is 7.67. The number of benzene rings is 1. The lowest BCUT2D eigenvalue weighted by atomic mass is 9.73. The molecular weight excluding hydrogens is 392 g/mol. The molecule has 2 aromatic rings. The number of piperidine rings is 1. The Morgan fingerprint density at radius 1 is 1.10 bits per heavy atom.